The van der Waals surface area contributed by atoms with Crippen LogP contribution in [0, 0.1) is 10.1 Å². The number of nitrogen functional groups attached to an aromatic ring is 1. The third kappa shape index (κ3) is 5.72. The Morgan fingerprint density at radius 2 is 2.12 bits per heavy atom. The van der Waals surface area contributed by atoms with Crippen LogP contribution in [0.25, 0.3) is 0 Å². The Labute approximate surface area is 152 Å². The number of aliphatic hydroxyl groups excluding tert-OH is 1. The molecule has 2 aromatic carbocycles. The molecule has 0 spiro atoms. The number of nitro groups is 1. The van der Waals surface area contributed by atoms with Crippen LogP contribution < -0.4 is 15.8 Å². The van der Waals surface area contributed by atoms with Crippen molar-refractivity contribution in [1.29, 1.82) is 0 Å². The summed E-state index contributed by atoms with van der Waals surface area (Å²) in [6.07, 6.45) is 0.892. The van der Waals surface area contributed by atoms with E-state index in [0.29, 0.717) is 30.9 Å². The van der Waals surface area contributed by atoms with Gasteiger partial charge in [-0.1, -0.05) is 18.2 Å². The van der Waals surface area contributed by atoms with Gasteiger partial charge in [-0.2, -0.15) is 0 Å². The van der Waals surface area contributed by atoms with E-state index in [2.05, 4.69) is 5.32 Å². The summed E-state index contributed by atoms with van der Waals surface area (Å²) in [7, 11) is 0. The molecular weight excluding hydrogens is 334 g/mol. The molecule has 0 aromatic heterocycles. The summed E-state index contributed by atoms with van der Waals surface area (Å²) in [5.74, 6) is 0.770. The van der Waals surface area contributed by atoms with Crippen LogP contribution in [-0.2, 0) is 6.42 Å². The van der Waals surface area contributed by atoms with Crippen LogP contribution in [0.1, 0.15) is 30.6 Å². The van der Waals surface area contributed by atoms with Gasteiger partial charge in [0.1, 0.15) is 5.75 Å². The number of nitrogens with one attached hydrogen (secondary N) is 1. The fraction of sp³-hybridized carbons (Fsp3) is 0.368. The Bertz CT molecular complexity index is 736. The standard InChI is InChI=1S/C19H25N3O4/c1-2-26-17-9-8-14(18(20)12-17)6-4-10-21-13-19(23)15-5-3-7-16(11-15)22(24)25/h3,5,7-9,11-12,19,21,23H,2,4,6,10,13,20H2,1H3. The molecule has 1 atom stereocenters. The van der Waals surface area contributed by atoms with E-state index in [4.69, 9.17) is 10.5 Å². The third-order valence-corrected chi connectivity index (χ3v) is 4.03. The van der Waals surface area contributed by atoms with E-state index in [1.165, 1.54) is 12.1 Å². The molecule has 0 amide bonds. The van der Waals surface area contributed by atoms with E-state index in [1.54, 1.807) is 12.1 Å². The van der Waals surface area contributed by atoms with Crippen molar-refractivity contribution in [3.8, 4) is 5.75 Å². The first-order valence-electron chi connectivity index (χ1n) is 8.65. The van der Waals surface area contributed by atoms with Gasteiger partial charge >= 0.3 is 0 Å². The summed E-state index contributed by atoms with van der Waals surface area (Å²) < 4.78 is 5.41. The molecule has 26 heavy (non-hydrogen) atoms. The smallest absolute Gasteiger partial charge is 0.269 e. The van der Waals surface area contributed by atoms with Crippen molar-refractivity contribution in [3.63, 3.8) is 0 Å². The number of nitro benzene ring substituents is 1. The average molecular weight is 359 g/mol. The number of non-ortho nitro benzene ring substituents is 1. The van der Waals surface area contributed by atoms with Crippen molar-refractivity contribution >= 4 is 11.4 Å². The lowest BCUT2D eigenvalue weighted by Gasteiger charge is -2.13. The monoisotopic (exact) mass is 359 g/mol. The molecule has 0 heterocycles. The highest BCUT2D eigenvalue weighted by atomic mass is 16.6. The molecule has 4 N–H and O–H groups in total. The van der Waals surface area contributed by atoms with Crippen LogP contribution in [0.3, 0.4) is 0 Å². The number of nitrogens with zero attached hydrogens (tertiary/aromatic N) is 1. The van der Waals surface area contributed by atoms with Gasteiger partial charge in [0, 0.05) is 30.4 Å². The minimum absolute atomic E-state index is 0.0208. The summed E-state index contributed by atoms with van der Waals surface area (Å²) in [6.45, 7) is 3.58. The van der Waals surface area contributed by atoms with E-state index >= 15 is 0 Å². The number of hydrogen-bond acceptors (Lipinski definition) is 6. The summed E-state index contributed by atoms with van der Waals surface area (Å²) in [6, 6.07) is 11.8. The molecule has 2 rings (SSSR count). The molecule has 0 aliphatic rings. The lowest BCUT2D eigenvalue weighted by molar-refractivity contribution is -0.385. The molecule has 7 nitrogen and oxygen atoms in total. The molecule has 140 valence electrons. The number of aryl methyl sites for hydroxylation is 1. The van der Waals surface area contributed by atoms with Gasteiger partial charge in [-0.15, -0.1) is 0 Å². The molecule has 0 aliphatic heterocycles. The van der Waals surface area contributed by atoms with Gasteiger partial charge in [0.05, 0.1) is 17.6 Å². The van der Waals surface area contributed by atoms with Gasteiger partial charge in [-0.3, -0.25) is 10.1 Å². The summed E-state index contributed by atoms with van der Waals surface area (Å²) >= 11 is 0. The number of ether oxygens (including phenoxy) is 1. The lowest BCUT2D eigenvalue weighted by Crippen LogP contribution is -2.23. The molecule has 0 aliphatic carbocycles. The van der Waals surface area contributed by atoms with Crippen molar-refractivity contribution in [3.05, 3.63) is 63.7 Å². The van der Waals surface area contributed by atoms with Crippen LogP contribution >= 0.6 is 0 Å². The second-order valence-corrected chi connectivity index (χ2v) is 5.97. The maximum atomic E-state index is 10.8. The first-order valence-corrected chi connectivity index (χ1v) is 8.65. The van der Waals surface area contributed by atoms with Crippen LogP contribution in [0.4, 0.5) is 11.4 Å². The molecule has 7 heteroatoms. The fourth-order valence-electron chi connectivity index (χ4n) is 2.66. The van der Waals surface area contributed by atoms with E-state index in [0.717, 1.165) is 24.2 Å². The van der Waals surface area contributed by atoms with Crippen LogP contribution in [0.15, 0.2) is 42.5 Å². The third-order valence-electron chi connectivity index (χ3n) is 4.03. The molecular formula is C19H25N3O4. The molecule has 2 aromatic rings. The van der Waals surface area contributed by atoms with E-state index in [-0.39, 0.29) is 5.69 Å². The van der Waals surface area contributed by atoms with Gasteiger partial charge in [0.15, 0.2) is 0 Å². The second kappa shape index (κ2) is 9.74. The topological polar surface area (TPSA) is 111 Å². The summed E-state index contributed by atoms with van der Waals surface area (Å²) in [4.78, 5) is 10.3. The Hall–Kier alpha value is -2.64. The van der Waals surface area contributed by atoms with Crippen LogP contribution in [-0.4, -0.2) is 29.7 Å². The number of benzene rings is 2. The zero-order valence-electron chi connectivity index (χ0n) is 14.9. The average Bonchev–Trinajstić information content (AvgIpc) is 2.63. The molecule has 0 saturated heterocycles. The SMILES string of the molecule is CCOc1ccc(CCCNCC(O)c2cccc([N+](=O)[O-])c2)c(N)c1. The quantitative estimate of drug-likeness (QED) is 0.260. The first kappa shape index (κ1) is 19.7. The second-order valence-electron chi connectivity index (χ2n) is 5.97. The highest BCUT2D eigenvalue weighted by Crippen LogP contribution is 2.21. The number of hydrogen-bond donors (Lipinski definition) is 3. The summed E-state index contributed by atoms with van der Waals surface area (Å²) in [5, 5.41) is 24.1. The van der Waals surface area contributed by atoms with Crippen molar-refractivity contribution < 1.29 is 14.8 Å². The van der Waals surface area contributed by atoms with Crippen molar-refractivity contribution in [2.75, 3.05) is 25.4 Å². The van der Waals surface area contributed by atoms with E-state index in [1.807, 2.05) is 25.1 Å². The Kier molecular flexibility index (Phi) is 7.37. The minimum atomic E-state index is -0.787. The first-order chi connectivity index (χ1) is 12.5. The number of nitrogens with two attached hydrogens (primary N) is 1. The van der Waals surface area contributed by atoms with Gasteiger partial charge in [0.2, 0.25) is 0 Å². The van der Waals surface area contributed by atoms with Crippen molar-refractivity contribution in [1.82, 2.24) is 5.32 Å². The normalized spacial score (nSPS) is 11.9. The lowest BCUT2D eigenvalue weighted by atomic mass is 10.1. The molecule has 0 fully saturated rings. The maximum Gasteiger partial charge on any atom is 0.269 e. The van der Waals surface area contributed by atoms with Gasteiger partial charge in [-0.25, -0.2) is 0 Å². The van der Waals surface area contributed by atoms with Gasteiger partial charge in [-0.05, 0) is 43.5 Å². The van der Waals surface area contributed by atoms with Crippen LogP contribution in [0.5, 0.6) is 5.75 Å². The van der Waals surface area contributed by atoms with Crippen LogP contribution in [0.2, 0.25) is 0 Å². The zero-order valence-corrected chi connectivity index (χ0v) is 14.9. The van der Waals surface area contributed by atoms with Gasteiger partial charge < -0.3 is 20.9 Å². The maximum absolute atomic E-state index is 10.8. The molecule has 0 bridgehead atoms. The highest BCUT2D eigenvalue weighted by Gasteiger charge is 2.12. The number of aliphatic hydroxyl groups is 1. The predicted molar refractivity (Wildman–Crippen MR) is 101 cm³/mol. The number of rotatable bonds is 10. The number of anilines is 1. The largest absolute Gasteiger partial charge is 0.494 e. The summed E-state index contributed by atoms with van der Waals surface area (Å²) in [5.41, 5.74) is 8.32. The predicted octanol–water partition coefficient (Wildman–Crippen LogP) is 2.83. The minimum Gasteiger partial charge on any atom is -0.494 e. The fourth-order valence-corrected chi connectivity index (χ4v) is 2.66. The van der Waals surface area contributed by atoms with Crippen molar-refractivity contribution in [2.45, 2.75) is 25.9 Å². The Morgan fingerprint density at radius 1 is 1.31 bits per heavy atom. The Morgan fingerprint density at radius 3 is 2.81 bits per heavy atom. The zero-order chi connectivity index (χ0) is 18.9. The van der Waals surface area contributed by atoms with E-state index in [9.17, 15) is 15.2 Å². The molecule has 0 radical (unpaired) electrons. The highest BCUT2D eigenvalue weighted by molar-refractivity contribution is 5.51. The Balaban J connectivity index is 1.75. The van der Waals surface area contributed by atoms with Crippen molar-refractivity contribution in [2.24, 2.45) is 0 Å². The van der Waals surface area contributed by atoms with E-state index < -0.39 is 11.0 Å². The molecule has 0 saturated carbocycles. The van der Waals surface area contributed by atoms with Gasteiger partial charge in [0.25, 0.3) is 5.69 Å². The molecule has 1 unspecified atom stereocenters.